The molecule has 0 radical (unpaired) electrons. The third-order valence-electron chi connectivity index (χ3n) is 17.1. The maximum Gasteiger partial charge on any atom is 0.219 e. The number of hydrogen-bond acceptors (Lipinski definition) is 41. The lowest BCUT2D eigenvalue weighted by Crippen LogP contribution is -2.68. The van der Waals surface area contributed by atoms with E-state index in [1.54, 1.807) is 0 Å². The number of rotatable bonds is 25. The summed E-state index contributed by atoms with van der Waals surface area (Å²) in [5.74, 6) is -2.64. The van der Waals surface area contributed by atoms with Crippen LogP contribution < -0.4 is 0 Å². The average Bonchev–Trinajstić information content (AvgIpc) is 1.98. The van der Waals surface area contributed by atoms with Crippen LogP contribution in [-0.4, -0.2) is 435 Å². The van der Waals surface area contributed by atoms with Gasteiger partial charge in [-0.05, 0) is 0 Å². The minimum atomic E-state index is -2.64. The molecule has 0 spiro atoms. The van der Waals surface area contributed by atoms with Crippen LogP contribution in [-0.2, 0) is 80.5 Å². The summed E-state index contributed by atoms with van der Waals surface area (Å²) < 4.78 is 94.4. The molecular weight excluding hydrogens is 1260 g/mol. The molecule has 0 unspecified atom stereocenters. The van der Waals surface area contributed by atoms with Gasteiger partial charge in [-0.25, -0.2) is 0 Å². The molecule has 91 heavy (non-hydrogen) atoms. The first kappa shape index (κ1) is 75.1. The minimum Gasteiger partial charge on any atom is -0.394 e. The summed E-state index contributed by atoms with van der Waals surface area (Å²) in [4.78, 5) is 0. The third kappa shape index (κ3) is 15.5. The lowest BCUT2D eigenvalue weighted by Gasteiger charge is -2.50. The van der Waals surface area contributed by atoms with Crippen molar-refractivity contribution in [2.45, 2.75) is 239 Å². The van der Waals surface area contributed by atoms with Crippen molar-refractivity contribution in [2.75, 3.05) is 73.7 Å². The van der Waals surface area contributed by atoms with E-state index in [9.17, 15) is 123 Å². The van der Waals surface area contributed by atoms with Crippen molar-refractivity contribution < 1.29 is 203 Å². The number of methoxy groups -OCH3 is 2. The van der Waals surface area contributed by atoms with Crippen molar-refractivity contribution in [3.63, 3.8) is 0 Å². The first-order valence-electron chi connectivity index (χ1n) is 28.9. The van der Waals surface area contributed by atoms with Gasteiger partial charge in [0.1, 0.15) is 196 Å². The van der Waals surface area contributed by atoms with Gasteiger partial charge in [0.2, 0.25) is 5.79 Å². The van der Waals surface area contributed by atoms with Crippen molar-refractivity contribution in [3.05, 3.63) is 0 Å². The lowest BCUT2D eigenvalue weighted by molar-refractivity contribution is -0.398. The van der Waals surface area contributed by atoms with Crippen LogP contribution in [0.5, 0.6) is 0 Å². The predicted octanol–water partition coefficient (Wildman–Crippen LogP) is -17.1. The zero-order valence-electron chi connectivity index (χ0n) is 48.5. The molecule has 8 heterocycles. The number of hydrogen-bond donors (Lipinski definition) is 24. The number of aliphatic hydroxyl groups excluding tert-OH is 23. The van der Waals surface area contributed by atoms with Crippen molar-refractivity contribution in [2.24, 2.45) is 0 Å². The predicted molar refractivity (Wildman–Crippen MR) is 274 cm³/mol. The van der Waals surface area contributed by atoms with E-state index in [-0.39, 0.29) is 6.61 Å². The van der Waals surface area contributed by atoms with Gasteiger partial charge in [0.15, 0.2) is 44.0 Å². The van der Waals surface area contributed by atoms with Crippen molar-refractivity contribution in [1.29, 1.82) is 0 Å². The number of ether oxygens (including phenoxy) is 17. The van der Waals surface area contributed by atoms with Crippen molar-refractivity contribution >= 4 is 0 Å². The normalized spacial score (nSPS) is 52.5. The molecule has 0 aromatic carbocycles. The fourth-order valence-corrected chi connectivity index (χ4v) is 11.9. The molecule has 8 fully saturated rings. The van der Waals surface area contributed by atoms with E-state index in [2.05, 4.69) is 0 Å². The molecule has 0 aromatic heterocycles. The Kier molecular flexibility index (Phi) is 26.7. The van der Waals surface area contributed by atoms with Gasteiger partial charge >= 0.3 is 0 Å². The first-order chi connectivity index (χ1) is 43.2. The van der Waals surface area contributed by atoms with Crippen LogP contribution in [0.25, 0.3) is 0 Å². The summed E-state index contributed by atoms with van der Waals surface area (Å²) in [6.45, 7) is -8.20. The van der Waals surface area contributed by atoms with Crippen LogP contribution >= 0.6 is 0 Å². The largest absolute Gasteiger partial charge is 0.394 e. The zero-order valence-corrected chi connectivity index (χ0v) is 48.5. The van der Waals surface area contributed by atoms with Crippen LogP contribution in [0.15, 0.2) is 0 Å². The Morgan fingerprint density at radius 1 is 0.286 bits per heavy atom. The van der Waals surface area contributed by atoms with Gasteiger partial charge in [0.25, 0.3) is 0 Å². The van der Waals surface area contributed by atoms with E-state index in [0.717, 1.165) is 0 Å². The second-order valence-electron chi connectivity index (χ2n) is 23.0. The Morgan fingerprint density at radius 2 is 0.516 bits per heavy atom. The molecule has 8 aliphatic rings. The zero-order chi connectivity index (χ0) is 66.8. The van der Waals surface area contributed by atoms with E-state index in [1.165, 1.54) is 14.2 Å². The summed E-state index contributed by atoms with van der Waals surface area (Å²) >= 11 is 0. The van der Waals surface area contributed by atoms with Crippen LogP contribution in [0.3, 0.4) is 0 Å². The van der Waals surface area contributed by atoms with E-state index >= 15 is 0 Å². The van der Waals surface area contributed by atoms with Gasteiger partial charge in [0.05, 0.1) is 52.9 Å². The smallest absolute Gasteiger partial charge is 0.219 e. The van der Waals surface area contributed by atoms with Crippen molar-refractivity contribution in [1.82, 2.24) is 0 Å². The van der Waals surface area contributed by atoms with E-state index in [0.29, 0.717) is 0 Å². The Hall–Kier alpha value is -1.64. The Morgan fingerprint density at radius 3 is 0.747 bits per heavy atom. The monoisotopic (exact) mass is 1340 g/mol. The van der Waals surface area contributed by atoms with Crippen molar-refractivity contribution in [3.8, 4) is 0 Å². The molecule has 8 saturated heterocycles. The fraction of sp³-hybridized carbons (Fsp3) is 1.00. The minimum absolute atomic E-state index is 0.148. The molecule has 0 amide bonds. The molecule has 0 aromatic rings. The summed E-state index contributed by atoms with van der Waals surface area (Å²) in [7, 11) is 2.57. The fourth-order valence-electron chi connectivity index (χ4n) is 11.9. The van der Waals surface area contributed by atoms with E-state index in [1.807, 2.05) is 0 Å². The summed E-state index contributed by atoms with van der Waals surface area (Å²) in [6, 6.07) is 0. The molecule has 8 aliphatic heterocycles. The third-order valence-corrected chi connectivity index (χ3v) is 17.1. The molecule has 0 bridgehead atoms. The highest BCUT2D eigenvalue weighted by Crippen LogP contribution is 2.39. The SMILES string of the molecule is COC[C@H]1O[C@H](O[C@H]2[C@H](O)[C@@H](O)[C@@H](O[C@H]3[C@H](O)[C@@H](O)[C@@H](O[C@H]4[C@H](O)[C@@H](O)[C@@H](O[C@H]5[C@H](O)[C@@H](O)[C@@H](O[C@H]6[C@H](O)[C@@H](O)[C@@H](O[C@H]7[C@H](O)[C@@H](O)[C@@H](OC[C@@]8(O)O[C@H](CO)[C@@H](O)[C@@H]8O)O[C@@H]7CO)O[C@@H]6CO)O[C@@H]5CO)O[C@@H]4CO)O[C@@H]3CO)O[C@@H]2CO)[C@H](O)[C@@H](O)[C@@H]1OC. The highest BCUT2D eigenvalue weighted by molar-refractivity contribution is 5.02. The Bertz CT molecular complexity index is 2180. The van der Waals surface area contributed by atoms with Crippen LogP contribution in [0.4, 0.5) is 0 Å². The quantitative estimate of drug-likeness (QED) is 0.0404. The van der Waals surface area contributed by atoms with Crippen LogP contribution in [0, 0.1) is 0 Å². The lowest BCUT2D eigenvalue weighted by atomic mass is 9.95. The maximum atomic E-state index is 11.4. The molecule has 39 atom stereocenters. The van der Waals surface area contributed by atoms with Gasteiger partial charge < -0.3 is 203 Å². The number of aliphatic hydroxyl groups is 24. The van der Waals surface area contributed by atoms with Crippen LogP contribution in [0.2, 0.25) is 0 Å². The molecule has 41 nitrogen and oxygen atoms in total. The molecule has 0 saturated carbocycles. The van der Waals surface area contributed by atoms with E-state index in [4.69, 9.17) is 80.5 Å². The van der Waals surface area contributed by atoms with E-state index < -0.39 is 292 Å². The molecule has 24 N–H and O–H groups in total. The maximum absolute atomic E-state index is 11.4. The molecule has 0 aliphatic carbocycles. The molecule has 41 heteroatoms. The molecule has 8 rings (SSSR count). The first-order valence-corrected chi connectivity index (χ1v) is 28.9. The summed E-state index contributed by atoms with van der Waals surface area (Å²) in [5.41, 5.74) is 0. The van der Waals surface area contributed by atoms with Gasteiger partial charge in [-0.15, -0.1) is 0 Å². The molecular formula is C50H86O41. The Balaban J connectivity index is 0.843. The average molecular weight is 1340 g/mol. The van der Waals surface area contributed by atoms with Gasteiger partial charge in [-0.3, -0.25) is 0 Å². The highest BCUT2D eigenvalue weighted by atomic mass is 16.8. The van der Waals surface area contributed by atoms with Gasteiger partial charge in [0, 0.05) is 14.2 Å². The standard InChI is InChI=1S/C50H86O41/c1-75-10-19-35(76-2)21(59)29(67)49(84-19)90-41-18(9-57)83-48(34(72)27(41)65)89-40-17(8-56)82-47(33(71)26(40)64)88-39-16(7-55)81-46(32(70)25(39)63)87-38-15(6-54)80-45(31(69)24(38)62)86-37-14(5-53)79-44(30(68)23(37)61)85-36-13(4-52)78-43(28(66)22(36)60)77-11-50(74)42(73)20(58)12(3-51)91-50/h12-49,51-74H,3-11H2,1-2H3/t12-,13-,14-,15-,16-,17-,18-,19-,20-,21-,22-,23-,24-,25-,26-,27-,28-,29-,30-,31-,32-,33-,34-,35-,36-,37-,38-,39-,40-,41-,42+,43+,44-,45-,46-,47-,48-,49-,50-/m1/s1. The second-order valence-corrected chi connectivity index (χ2v) is 23.0. The van der Waals surface area contributed by atoms with Gasteiger partial charge in [-0.2, -0.15) is 0 Å². The Labute approximate surface area is 515 Å². The van der Waals surface area contributed by atoms with Crippen LogP contribution in [0.1, 0.15) is 0 Å². The summed E-state index contributed by atoms with van der Waals surface area (Å²) in [5, 5.41) is 259. The second kappa shape index (κ2) is 32.4. The topological polar surface area (TPSA) is 642 Å². The molecule has 532 valence electrons. The highest BCUT2D eigenvalue weighted by Gasteiger charge is 2.60. The van der Waals surface area contributed by atoms with Gasteiger partial charge in [-0.1, -0.05) is 0 Å². The summed E-state index contributed by atoms with van der Waals surface area (Å²) in [6.07, 6.45) is -72.0.